The molecule has 0 heterocycles. The fourth-order valence-electron chi connectivity index (χ4n) is 1.48. The molecule has 0 fully saturated rings. The molecule has 0 aromatic heterocycles. The molecule has 0 bridgehead atoms. The average molecular weight is 265 g/mol. The van der Waals surface area contributed by atoms with Crippen molar-refractivity contribution in [3.05, 3.63) is 65.4 Å². The molecule has 0 amide bonds. The first kappa shape index (κ1) is 12.0. The minimum absolute atomic E-state index is 0.152. The van der Waals surface area contributed by atoms with Crippen LogP contribution in [0.2, 0.25) is 0 Å². The molecule has 0 N–H and O–H groups in total. The summed E-state index contributed by atoms with van der Waals surface area (Å²) in [6.07, 6.45) is 0. The Morgan fingerprint density at radius 2 is 1.47 bits per heavy atom. The molecule has 0 radical (unpaired) electrons. The standard InChI is InChI=1S/C14H10Cl2O/c15-10-14(16)17-13-8-6-12(7-9-13)11-4-2-1-3-5-11/h1-10H/b14-10+. The van der Waals surface area contributed by atoms with Crippen LogP contribution in [0.25, 0.3) is 11.1 Å². The Hall–Kier alpha value is -1.44. The van der Waals surface area contributed by atoms with Crippen LogP contribution in [0.15, 0.2) is 65.4 Å². The van der Waals surface area contributed by atoms with Gasteiger partial charge < -0.3 is 4.74 Å². The first-order valence-corrected chi connectivity index (χ1v) is 5.90. The van der Waals surface area contributed by atoms with E-state index in [1.807, 2.05) is 42.5 Å². The van der Waals surface area contributed by atoms with E-state index in [2.05, 4.69) is 12.1 Å². The third-order valence-electron chi connectivity index (χ3n) is 2.26. The predicted octanol–water partition coefficient (Wildman–Crippen LogP) is 5.01. The number of hydrogen-bond donors (Lipinski definition) is 0. The van der Waals surface area contributed by atoms with E-state index < -0.39 is 0 Å². The van der Waals surface area contributed by atoms with Gasteiger partial charge >= 0.3 is 0 Å². The van der Waals surface area contributed by atoms with Gasteiger partial charge in [-0.3, -0.25) is 0 Å². The Kier molecular flexibility index (Phi) is 4.08. The van der Waals surface area contributed by atoms with Crippen molar-refractivity contribution in [2.75, 3.05) is 0 Å². The van der Waals surface area contributed by atoms with Gasteiger partial charge in [0.2, 0.25) is 5.22 Å². The zero-order valence-electron chi connectivity index (χ0n) is 8.94. The summed E-state index contributed by atoms with van der Waals surface area (Å²) in [6.45, 7) is 0. The normalized spacial score (nSPS) is 11.3. The number of halogens is 2. The fraction of sp³-hybridized carbons (Fsp3) is 0. The maximum Gasteiger partial charge on any atom is 0.205 e. The summed E-state index contributed by atoms with van der Waals surface area (Å²) in [7, 11) is 0. The van der Waals surface area contributed by atoms with Crippen molar-refractivity contribution in [1.82, 2.24) is 0 Å². The second-order valence-corrected chi connectivity index (χ2v) is 4.00. The largest absolute Gasteiger partial charge is 0.444 e. The van der Waals surface area contributed by atoms with Crippen LogP contribution in [0.5, 0.6) is 5.75 Å². The van der Waals surface area contributed by atoms with E-state index in [-0.39, 0.29) is 5.22 Å². The molecule has 0 aliphatic heterocycles. The van der Waals surface area contributed by atoms with Crippen molar-refractivity contribution >= 4 is 23.2 Å². The Bertz CT molecular complexity index is 504. The van der Waals surface area contributed by atoms with Gasteiger partial charge in [0.25, 0.3) is 0 Å². The van der Waals surface area contributed by atoms with Crippen LogP contribution < -0.4 is 4.74 Å². The topological polar surface area (TPSA) is 9.23 Å². The summed E-state index contributed by atoms with van der Waals surface area (Å²) in [6, 6.07) is 17.8. The molecule has 0 saturated carbocycles. The Morgan fingerprint density at radius 3 is 2.06 bits per heavy atom. The molecule has 2 rings (SSSR count). The van der Waals surface area contributed by atoms with E-state index in [0.29, 0.717) is 5.75 Å². The zero-order valence-corrected chi connectivity index (χ0v) is 10.4. The monoisotopic (exact) mass is 264 g/mol. The lowest BCUT2D eigenvalue weighted by atomic mass is 10.1. The molecular formula is C14H10Cl2O. The molecule has 3 heteroatoms. The third-order valence-corrected chi connectivity index (χ3v) is 2.76. The molecule has 0 atom stereocenters. The van der Waals surface area contributed by atoms with E-state index in [4.69, 9.17) is 27.9 Å². The highest BCUT2D eigenvalue weighted by Crippen LogP contribution is 2.23. The highest BCUT2D eigenvalue weighted by molar-refractivity contribution is 6.35. The summed E-state index contributed by atoms with van der Waals surface area (Å²) < 4.78 is 5.25. The molecule has 0 spiro atoms. The minimum Gasteiger partial charge on any atom is -0.444 e. The Balaban J connectivity index is 2.19. The van der Waals surface area contributed by atoms with Crippen LogP contribution in [0.3, 0.4) is 0 Å². The van der Waals surface area contributed by atoms with E-state index in [1.54, 1.807) is 0 Å². The molecule has 2 aromatic carbocycles. The number of hydrogen-bond acceptors (Lipinski definition) is 1. The van der Waals surface area contributed by atoms with Crippen molar-refractivity contribution in [2.24, 2.45) is 0 Å². The van der Waals surface area contributed by atoms with E-state index in [0.717, 1.165) is 11.1 Å². The van der Waals surface area contributed by atoms with Crippen molar-refractivity contribution in [3.8, 4) is 16.9 Å². The van der Waals surface area contributed by atoms with Crippen molar-refractivity contribution in [1.29, 1.82) is 0 Å². The lowest BCUT2D eigenvalue weighted by molar-refractivity contribution is 0.464. The van der Waals surface area contributed by atoms with Crippen LogP contribution in [-0.4, -0.2) is 0 Å². The number of benzene rings is 2. The van der Waals surface area contributed by atoms with E-state index in [9.17, 15) is 0 Å². The lowest BCUT2D eigenvalue weighted by Gasteiger charge is -2.05. The summed E-state index contributed by atoms with van der Waals surface area (Å²) >= 11 is 11.1. The first-order valence-electron chi connectivity index (χ1n) is 5.09. The van der Waals surface area contributed by atoms with Gasteiger partial charge in [-0.15, -0.1) is 0 Å². The molecule has 2 aromatic rings. The van der Waals surface area contributed by atoms with Gasteiger partial charge in [0, 0.05) is 0 Å². The van der Waals surface area contributed by atoms with Gasteiger partial charge in [-0.1, -0.05) is 54.1 Å². The first-order chi connectivity index (χ1) is 8.29. The summed E-state index contributed by atoms with van der Waals surface area (Å²) in [5, 5.41) is 0.152. The molecule has 0 saturated heterocycles. The van der Waals surface area contributed by atoms with Crippen LogP contribution in [0, 0.1) is 0 Å². The second kappa shape index (κ2) is 5.76. The predicted molar refractivity (Wildman–Crippen MR) is 72.3 cm³/mol. The summed E-state index contributed by atoms with van der Waals surface area (Å²) in [4.78, 5) is 0. The van der Waals surface area contributed by atoms with Crippen molar-refractivity contribution in [2.45, 2.75) is 0 Å². The molecule has 0 aliphatic rings. The molecule has 0 unspecified atom stereocenters. The maximum absolute atomic E-state index is 5.66. The Labute approximate surface area is 110 Å². The van der Waals surface area contributed by atoms with E-state index >= 15 is 0 Å². The smallest absolute Gasteiger partial charge is 0.205 e. The molecular weight excluding hydrogens is 255 g/mol. The highest BCUT2D eigenvalue weighted by atomic mass is 35.5. The lowest BCUT2D eigenvalue weighted by Crippen LogP contribution is -1.87. The van der Waals surface area contributed by atoms with Gasteiger partial charge in [0.15, 0.2) is 0 Å². The number of rotatable bonds is 3. The minimum atomic E-state index is 0.152. The van der Waals surface area contributed by atoms with Gasteiger partial charge in [-0.05, 0) is 34.9 Å². The van der Waals surface area contributed by atoms with Gasteiger partial charge in [0.05, 0.1) is 5.54 Å². The second-order valence-electron chi connectivity index (χ2n) is 3.41. The van der Waals surface area contributed by atoms with Gasteiger partial charge in [-0.2, -0.15) is 0 Å². The van der Waals surface area contributed by atoms with Crippen LogP contribution in [0.1, 0.15) is 0 Å². The average Bonchev–Trinajstić information content (AvgIpc) is 2.40. The van der Waals surface area contributed by atoms with Crippen LogP contribution in [-0.2, 0) is 0 Å². The zero-order chi connectivity index (χ0) is 12.1. The molecule has 1 nitrogen and oxygen atoms in total. The highest BCUT2D eigenvalue weighted by Gasteiger charge is 1.99. The Morgan fingerprint density at radius 1 is 0.882 bits per heavy atom. The summed E-state index contributed by atoms with van der Waals surface area (Å²) in [5.41, 5.74) is 3.48. The van der Waals surface area contributed by atoms with Gasteiger partial charge in [0.1, 0.15) is 5.75 Å². The SMILES string of the molecule is Cl/C=C(\Cl)Oc1ccc(-c2ccccc2)cc1. The van der Waals surface area contributed by atoms with Crippen molar-refractivity contribution < 1.29 is 4.74 Å². The summed E-state index contributed by atoms with van der Waals surface area (Å²) in [5.74, 6) is 0.659. The van der Waals surface area contributed by atoms with Gasteiger partial charge in [-0.25, -0.2) is 0 Å². The molecule has 0 aliphatic carbocycles. The fourth-order valence-corrected chi connectivity index (χ4v) is 1.61. The third kappa shape index (κ3) is 3.26. The van der Waals surface area contributed by atoms with Crippen LogP contribution >= 0.6 is 23.2 Å². The quantitative estimate of drug-likeness (QED) is 0.709. The molecule has 86 valence electrons. The number of ether oxygens (including phenoxy) is 1. The molecule has 17 heavy (non-hydrogen) atoms. The van der Waals surface area contributed by atoms with Crippen molar-refractivity contribution in [3.63, 3.8) is 0 Å². The maximum atomic E-state index is 5.66. The van der Waals surface area contributed by atoms with Crippen LogP contribution in [0.4, 0.5) is 0 Å². The van der Waals surface area contributed by atoms with E-state index in [1.165, 1.54) is 5.54 Å².